The summed E-state index contributed by atoms with van der Waals surface area (Å²) in [6, 6.07) is 14.9. The van der Waals surface area contributed by atoms with E-state index in [1.54, 1.807) is 18.3 Å². The Morgan fingerprint density at radius 2 is 1.95 bits per heavy atom. The van der Waals surface area contributed by atoms with Crippen molar-refractivity contribution in [2.75, 3.05) is 0 Å². The Kier molecular flexibility index (Phi) is 3.24. The van der Waals surface area contributed by atoms with Crippen LogP contribution in [0.25, 0.3) is 22.0 Å². The van der Waals surface area contributed by atoms with Gasteiger partial charge in [0.05, 0.1) is 11.1 Å². The van der Waals surface area contributed by atoms with Crippen molar-refractivity contribution in [1.82, 2.24) is 4.98 Å². The minimum atomic E-state index is -0.942. The average molecular weight is 328 g/mol. The van der Waals surface area contributed by atoms with Crippen LogP contribution >= 0.6 is 15.9 Å². The molecule has 1 N–H and O–H groups in total. The second-order valence-electron chi connectivity index (χ2n) is 4.41. The molecule has 0 atom stereocenters. The van der Waals surface area contributed by atoms with Crippen LogP contribution in [0.3, 0.4) is 0 Å². The minimum Gasteiger partial charge on any atom is -0.478 e. The molecule has 0 fully saturated rings. The minimum absolute atomic E-state index is 0.273. The molecule has 1 heterocycles. The molecule has 0 bridgehead atoms. The zero-order chi connectivity index (χ0) is 14.1. The van der Waals surface area contributed by atoms with Gasteiger partial charge >= 0.3 is 5.97 Å². The van der Waals surface area contributed by atoms with Crippen LogP contribution in [0.1, 0.15) is 10.4 Å². The average Bonchev–Trinajstić information content (AvgIpc) is 2.46. The van der Waals surface area contributed by atoms with Gasteiger partial charge < -0.3 is 5.11 Å². The number of hydrogen-bond acceptors (Lipinski definition) is 2. The van der Waals surface area contributed by atoms with Crippen molar-refractivity contribution < 1.29 is 9.90 Å². The zero-order valence-electron chi connectivity index (χ0n) is 10.4. The van der Waals surface area contributed by atoms with Gasteiger partial charge in [0, 0.05) is 16.1 Å². The molecule has 0 aliphatic heterocycles. The van der Waals surface area contributed by atoms with E-state index in [0.29, 0.717) is 5.56 Å². The Hall–Kier alpha value is -2.20. The molecule has 0 saturated carbocycles. The summed E-state index contributed by atoms with van der Waals surface area (Å²) in [5, 5.41) is 10.4. The molecule has 20 heavy (non-hydrogen) atoms. The number of rotatable bonds is 2. The lowest BCUT2D eigenvalue weighted by Crippen LogP contribution is -1.99. The molecule has 3 nitrogen and oxygen atoms in total. The van der Waals surface area contributed by atoms with Crippen molar-refractivity contribution in [2.24, 2.45) is 0 Å². The third-order valence-electron chi connectivity index (χ3n) is 3.13. The third-order valence-corrected chi connectivity index (χ3v) is 3.62. The molecular formula is C16H10BrNO2. The van der Waals surface area contributed by atoms with Crippen LogP contribution in [0.5, 0.6) is 0 Å². The number of benzene rings is 2. The molecule has 0 aliphatic rings. The van der Waals surface area contributed by atoms with Crippen LogP contribution < -0.4 is 0 Å². The van der Waals surface area contributed by atoms with Gasteiger partial charge in [0.1, 0.15) is 0 Å². The lowest BCUT2D eigenvalue weighted by Gasteiger charge is -2.08. The van der Waals surface area contributed by atoms with E-state index in [1.165, 1.54) is 0 Å². The molecular weight excluding hydrogens is 318 g/mol. The fourth-order valence-corrected chi connectivity index (χ4v) is 2.54. The molecule has 1 aromatic heterocycles. The van der Waals surface area contributed by atoms with Crippen molar-refractivity contribution in [3.05, 3.63) is 64.8 Å². The summed E-state index contributed by atoms with van der Waals surface area (Å²) in [5.74, 6) is -0.942. The van der Waals surface area contributed by atoms with Gasteiger partial charge in [-0.1, -0.05) is 40.2 Å². The summed E-state index contributed by atoms with van der Waals surface area (Å²) in [6.07, 6.45) is 1.73. The first-order valence-electron chi connectivity index (χ1n) is 6.03. The van der Waals surface area contributed by atoms with E-state index < -0.39 is 5.97 Å². The Morgan fingerprint density at radius 3 is 2.75 bits per heavy atom. The van der Waals surface area contributed by atoms with Crippen molar-refractivity contribution in [1.29, 1.82) is 0 Å². The molecule has 0 spiro atoms. The third kappa shape index (κ3) is 2.30. The van der Waals surface area contributed by atoms with Crippen molar-refractivity contribution >= 4 is 32.8 Å². The second-order valence-corrected chi connectivity index (χ2v) is 5.32. The Balaban J connectivity index is 2.22. The van der Waals surface area contributed by atoms with E-state index in [0.717, 1.165) is 20.9 Å². The van der Waals surface area contributed by atoms with Gasteiger partial charge in [-0.15, -0.1) is 0 Å². The summed E-state index contributed by atoms with van der Waals surface area (Å²) in [7, 11) is 0. The van der Waals surface area contributed by atoms with Crippen LogP contribution in [-0.4, -0.2) is 16.1 Å². The SMILES string of the molecule is O=C(O)c1cc(Br)ccc1-c1ccc2cccnc2c1. The molecule has 98 valence electrons. The van der Waals surface area contributed by atoms with E-state index in [1.807, 2.05) is 36.4 Å². The fraction of sp³-hybridized carbons (Fsp3) is 0. The second kappa shape index (κ2) is 5.06. The highest BCUT2D eigenvalue weighted by atomic mass is 79.9. The lowest BCUT2D eigenvalue weighted by molar-refractivity contribution is 0.0697. The number of carboxylic acid groups (broad SMARTS) is 1. The number of aromatic nitrogens is 1. The quantitative estimate of drug-likeness (QED) is 0.760. The molecule has 0 saturated heterocycles. The number of halogens is 1. The normalized spacial score (nSPS) is 10.7. The summed E-state index contributed by atoms with van der Waals surface area (Å²) in [5.41, 5.74) is 2.66. The highest BCUT2D eigenvalue weighted by molar-refractivity contribution is 9.10. The fourth-order valence-electron chi connectivity index (χ4n) is 2.18. The van der Waals surface area contributed by atoms with Gasteiger partial charge in [-0.3, -0.25) is 4.98 Å². The molecule has 2 aromatic carbocycles. The molecule has 3 aromatic rings. The van der Waals surface area contributed by atoms with Crippen LogP contribution in [0.2, 0.25) is 0 Å². The lowest BCUT2D eigenvalue weighted by atomic mass is 9.98. The first kappa shape index (κ1) is 12.8. The molecule has 0 radical (unpaired) electrons. The van der Waals surface area contributed by atoms with Gasteiger partial charge in [0.2, 0.25) is 0 Å². The zero-order valence-corrected chi connectivity index (χ0v) is 12.0. The maximum Gasteiger partial charge on any atom is 0.336 e. The number of hydrogen-bond donors (Lipinski definition) is 1. The highest BCUT2D eigenvalue weighted by Crippen LogP contribution is 2.28. The summed E-state index contributed by atoms with van der Waals surface area (Å²) in [6.45, 7) is 0. The Morgan fingerprint density at radius 1 is 1.10 bits per heavy atom. The first-order valence-corrected chi connectivity index (χ1v) is 6.82. The smallest absolute Gasteiger partial charge is 0.336 e. The first-order chi connectivity index (χ1) is 9.65. The molecule has 0 amide bonds. The molecule has 0 aliphatic carbocycles. The Bertz CT molecular complexity index is 814. The molecule has 0 unspecified atom stereocenters. The van der Waals surface area contributed by atoms with Crippen LogP contribution in [0.4, 0.5) is 0 Å². The number of fused-ring (bicyclic) bond motifs is 1. The van der Waals surface area contributed by atoms with Gasteiger partial charge in [0.15, 0.2) is 0 Å². The summed E-state index contributed by atoms with van der Waals surface area (Å²) in [4.78, 5) is 15.7. The molecule has 3 rings (SSSR count). The van der Waals surface area contributed by atoms with E-state index in [4.69, 9.17) is 0 Å². The van der Waals surface area contributed by atoms with Gasteiger partial charge in [-0.2, -0.15) is 0 Å². The number of carboxylic acids is 1. The summed E-state index contributed by atoms with van der Waals surface area (Å²) < 4.78 is 0.748. The molecule has 4 heteroatoms. The van der Waals surface area contributed by atoms with Crippen LogP contribution in [0.15, 0.2) is 59.2 Å². The number of nitrogens with zero attached hydrogens (tertiary/aromatic N) is 1. The topological polar surface area (TPSA) is 50.2 Å². The maximum atomic E-state index is 11.4. The highest BCUT2D eigenvalue weighted by Gasteiger charge is 2.12. The van der Waals surface area contributed by atoms with E-state index in [2.05, 4.69) is 20.9 Å². The summed E-state index contributed by atoms with van der Waals surface area (Å²) >= 11 is 3.30. The van der Waals surface area contributed by atoms with Crippen molar-refractivity contribution in [3.63, 3.8) is 0 Å². The van der Waals surface area contributed by atoms with E-state index in [-0.39, 0.29) is 5.56 Å². The maximum absolute atomic E-state index is 11.4. The number of pyridine rings is 1. The predicted molar refractivity (Wildman–Crippen MR) is 81.8 cm³/mol. The van der Waals surface area contributed by atoms with Gasteiger partial charge in [-0.25, -0.2) is 4.79 Å². The Labute approximate surface area is 124 Å². The van der Waals surface area contributed by atoms with Gasteiger partial charge in [0.25, 0.3) is 0 Å². The van der Waals surface area contributed by atoms with Crippen molar-refractivity contribution in [2.45, 2.75) is 0 Å². The van der Waals surface area contributed by atoms with Crippen molar-refractivity contribution in [3.8, 4) is 11.1 Å². The van der Waals surface area contributed by atoms with E-state index in [9.17, 15) is 9.90 Å². The number of carbonyl (C=O) groups is 1. The van der Waals surface area contributed by atoms with E-state index >= 15 is 0 Å². The van der Waals surface area contributed by atoms with Crippen LogP contribution in [0, 0.1) is 0 Å². The predicted octanol–water partition coefficient (Wildman–Crippen LogP) is 4.36. The van der Waals surface area contributed by atoms with Crippen LogP contribution in [-0.2, 0) is 0 Å². The number of aromatic carboxylic acids is 1. The standard InChI is InChI=1S/C16H10BrNO2/c17-12-5-6-13(14(9-12)16(19)20)11-4-3-10-2-1-7-18-15(10)8-11/h1-9H,(H,19,20). The largest absolute Gasteiger partial charge is 0.478 e. The van der Waals surface area contributed by atoms with Gasteiger partial charge in [-0.05, 0) is 35.4 Å². The monoisotopic (exact) mass is 327 g/mol.